The van der Waals surface area contributed by atoms with Crippen molar-refractivity contribution in [1.29, 1.82) is 0 Å². The van der Waals surface area contributed by atoms with Crippen molar-refractivity contribution in [3.05, 3.63) is 12.3 Å². The maximum absolute atomic E-state index is 4.11. The van der Waals surface area contributed by atoms with Gasteiger partial charge in [0.05, 0.1) is 0 Å². The first-order valence-corrected chi connectivity index (χ1v) is 9.21. The van der Waals surface area contributed by atoms with Crippen LogP contribution in [0.1, 0.15) is 40.5 Å². The van der Waals surface area contributed by atoms with E-state index in [0.29, 0.717) is 0 Å². The van der Waals surface area contributed by atoms with Gasteiger partial charge in [0.25, 0.3) is 0 Å². The molecule has 0 aliphatic rings. The molecule has 0 radical (unpaired) electrons. The summed E-state index contributed by atoms with van der Waals surface area (Å²) in [6.07, 6.45) is 2.46. The van der Waals surface area contributed by atoms with E-state index >= 15 is 0 Å². The van der Waals surface area contributed by atoms with Gasteiger partial charge in [0.15, 0.2) is 0 Å². The summed E-state index contributed by atoms with van der Waals surface area (Å²) in [6.45, 7) is 20.3. The van der Waals surface area contributed by atoms with Crippen LogP contribution < -0.4 is 0 Å². The van der Waals surface area contributed by atoms with Gasteiger partial charge in [0.1, 0.15) is 0 Å². The molecule has 0 bridgehead atoms. The van der Waals surface area contributed by atoms with Gasteiger partial charge in [-0.25, -0.2) is 0 Å². The van der Waals surface area contributed by atoms with Crippen LogP contribution in [0, 0.1) is 0 Å². The van der Waals surface area contributed by atoms with Crippen LogP contribution in [0.4, 0.5) is 0 Å². The van der Waals surface area contributed by atoms with E-state index < -0.39 is 8.40 Å². The molecule has 16 heavy (non-hydrogen) atoms. The molecule has 0 amide bonds. The minimum absolute atomic E-state index is 1.14. The van der Waals surface area contributed by atoms with Gasteiger partial charge in [-0.3, -0.25) is 0 Å². The van der Waals surface area contributed by atoms with Crippen LogP contribution in [-0.2, 0) is 0 Å². The average Bonchev–Trinajstić information content (AvgIpc) is 2.31. The van der Waals surface area contributed by atoms with Gasteiger partial charge in [-0.1, -0.05) is 33.4 Å². The van der Waals surface area contributed by atoms with E-state index in [-0.39, 0.29) is 0 Å². The fourth-order valence-corrected chi connectivity index (χ4v) is 5.96. The maximum atomic E-state index is 4.11. The fraction of sp³-hybridized carbons (Fsp3) is 0.846. The van der Waals surface area contributed by atoms with E-state index in [4.69, 9.17) is 0 Å². The predicted molar refractivity (Wildman–Crippen MR) is 76.9 cm³/mol. The van der Waals surface area contributed by atoms with Crippen LogP contribution >= 0.6 is 0 Å². The second kappa shape index (κ2) is 8.04. The van der Waals surface area contributed by atoms with E-state index in [1.54, 1.807) is 0 Å². The molecular weight excluding hydrogens is 212 g/mol. The highest BCUT2D eigenvalue weighted by atomic mass is 28.3. The molecule has 2 nitrogen and oxygen atoms in total. The van der Waals surface area contributed by atoms with Crippen LogP contribution in [0.5, 0.6) is 0 Å². The first-order chi connectivity index (χ1) is 7.60. The Hall–Kier alpha value is -0.123. The van der Waals surface area contributed by atoms with Crippen LogP contribution in [-0.4, -0.2) is 43.7 Å². The molecule has 0 aromatic rings. The summed E-state index contributed by atoms with van der Waals surface area (Å²) in [6, 6.07) is 0. The summed E-state index contributed by atoms with van der Waals surface area (Å²) < 4.78 is 5.30. The molecule has 0 aromatic heterocycles. The summed E-state index contributed by atoms with van der Waals surface area (Å²) in [7, 11) is -1.59. The average molecular weight is 242 g/mol. The summed E-state index contributed by atoms with van der Waals surface area (Å²) in [5.74, 6) is 0. The molecule has 0 saturated carbocycles. The lowest BCUT2D eigenvalue weighted by atomic mass is 10.5. The zero-order valence-electron chi connectivity index (χ0n) is 11.9. The molecule has 0 unspecified atom stereocenters. The molecule has 0 atom stereocenters. The molecule has 0 aliphatic carbocycles. The number of hydrogen-bond acceptors (Lipinski definition) is 2. The van der Waals surface area contributed by atoms with Gasteiger partial charge in [0.2, 0.25) is 8.40 Å². The van der Waals surface area contributed by atoms with Crippen molar-refractivity contribution < 1.29 is 0 Å². The first kappa shape index (κ1) is 15.9. The van der Waals surface area contributed by atoms with E-state index in [1.807, 2.05) is 0 Å². The Morgan fingerprint density at radius 3 is 1.50 bits per heavy atom. The standard InChI is InChI=1S/C13H30N2Si/c1-7-12-14(9-3)16(6,11-5)15(10-4)13-8-2/h11H,5,7-10,12-13H2,1-4,6H3. The second-order valence-corrected chi connectivity index (χ2v) is 8.32. The normalized spacial score (nSPS) is 12.4. The molecule has 3 heteroatoms. The molecule has 96 valence electrons. The lowest BCUT2D eigenvalue weighted by molar-refractivity contribution is 0.346. The Kier molecular flexibility index (Phi) is 7.98. The first-order valence-electron chi connectivity index (χ1n) is 6.74. The van der Waals surface area contributed by atoms with Crippen LogP contribution in [0.3, 0.4) is 0 Å². The van der Waals surface area contributed by atoms with Gasteiger partial charge in [-0.2, -0.15) is 0 Å². The Balaban J connectivity index is 4.87. The molecule has 0 N–H and O–H groups in total. The summed E-state index contributed by atoms with van der Waals surface area (Å²) in [4.78, 5) is 0. The third kappa shape index (κ3) is 3.72. The topological polar surface area (TPSA) is 6.48 Å². The molecule has 0 aromatic carbocycles. The number of rotatable bonds is 9. The summed E-state index contributed by atoms with van der Waals surface area (Å²) in [5.41, 5.74) is 2.24. The van der Waals surface area contributed by atoms with E-state index in [2.05, 4.69) is 55.7 Å². The number of nitrogens with zero attached hydrogens (tertiary/aromatic N) is 2. The smallest absolute Gasteiger partial charge is 0.228 e. The van der Waals surface area contributed by atoms with Crippen molar-refractivity contribution in [3.63, 3.8) is 0 Å². The third-order valence-electron chi connectivity index (χ3n) is 3.42. The van der Waals surface area contributed by atoms with Gasteiger partial charge in [0, 0.05) is 0 Å². The number of hydrogen-bond donors (Lipinski definition) is 0. The maximum Gasteiger partial charge on any atom is 0.228 e. The largest absolute Gasteiger partial charge is 0.309 e. The highest BCUT2D eigenvalue weighted by Gasteiger charge is 2.35. The lowest BCUT2D eigenvalue weighted by Gasteiger charge is -2.44. The minimum atomic E-state index is -1.59. The molecule has 0 aliphatic heterocycles. The second-order valence-electron chi connectivity index (χ2n) is 4.46. The van der Waals surface area contributed by atoms with E-state index in [1.165, 1.54) is 25.9 Å². The SMILES string of the molecule is C=C[Si](C)(N(CC)CCC)N(CC)CCC. The summed E-state index contributed by atoms with van der Waals surface area (Å²) in [5, 5.41) is 0. The van der Waals surface area contributed by atoms with Crippen molar-refractivity contribution in [2.45, 2.75) is 47.1 Å². The Labute approximate surface area is 103 Å². The van der Waals surface area contributed by atoms with Crippen molar-refractivity contribution in [3.8, 4) is 0 Å². The van der Waals surface area contributed by atoms with Crippen molar-refractivity contribution in [2.75, 3.05) is 26.2 Å². The Bertz CT molecular complexity index is 180. The van der Waals surface area contributed by atoms with E-state index in [0.717, 1.165) is 13.1 Å². The zero-order chi connectivity index (χ0) is 12.6. The fourth-order valence-electron chi connectivity index (χ4n) is 2.41. The van der Waals surface area contributed by atoms with Crippen molar-refractivity contribution in [1.82, 2.24) is 9.13 Å². The Morgan fingerprint density at radius 2 is 1.31 bits per heavy atom. The molecule has 0 fully saturated rings. The predicted octanol–water partition coefficient (Wildman–Crippen LogP) is 3.25. The van der Waals surface area contributed by atoms with Gasteiger partial charge >= 0.3 is 0 Å². The van der Waals surface area contributed by atoms with Gasteiger partial charge in [-0.05, 0) is 45.6 Å². The van der Waals surface area contributed by atoms with Crippen LogP contribution in [0.2, 0.25) is 6.55 Å². The third-order valence-corrected chi connectivity index (χ3v) is 7.83. The van der Waals surface area contributed by atoms with Gasteiger partial charge in [-0.15, -0.1) is 6.58 Å². The minimum Gasteiger partial charge on any atom is -0.309 e. The van der Waals surface area contributed by atoms with Gasteiger partial charge < -0.3 is 9.13 Å². The molecule has 0 saturated heterocycles. The highest BCUT2D eigenvalue weighted by Crippen LogP contribution is 2.17. The quantitative estimate of drug-likeness (QED) is 0.573. The van der Waals surface area contributed by atoms with Crippen LogP contribution in [0.25, 0.3) is 0 Å². The van der Waals surface area contributed by atoms with Crippen LogP contribution in [0.15, 0.2) is 12.3 Å². The highest BCUT2D eigenvalue weighted by molar-refractivity contribution is 6.78. The summed E-state index contributed by atoms with van der Waals surface area (Å²) >= 11 is 0. The molecular formula is C13H30N2Si. The van der Waals surface area contributed by atoms with Crippen molar-refractivity contribution in [2.24, 2.45) is 0 Å². The molecule has 0 heterocycles. The lowest BCUT2D eigenvalue weighted by Crippen LogP contribution is -2.63. The van der Waals surface area contributed by atoms with E-state index in [9.17, 15) is 0 Å². The zero-order valence-corrected chi connectivity index (χ0v) is 12.9. The molecule has 0 rings (SSSR count). The molecule has 0 spiro atoms. The monoisotopic (exact) mass is 242 g/mol. The van der Waals surface area contributed by atoms with Crippen molar-refractivity contribution >= 4 is 8.40 Å². The Morgan fingerprint density at radius 1 is 0.938 bits per heavy atom.